The maximum atomic E-state index is 12.1. The van der Waals surface area contributed by atoms with Crippen molar-refractivity contribution in [2.75, 3.05) is 6.61 Å². The number of carbonyl (C=O) groups excluding carboxylic acids is 2. The van der Waals surface area contributed by atoms with Gasteiger partial charge in [0.2, 0.25) is 0 Å². The van der Waals surface area contributed by atoms with Crippen LogP contribution in [0.25, 0.3) is 0 Å². The van der Waals surface area contributed by atoms with E-state index in [9.17, 15) is 14.7 Å². The largest absolute Gasteiger partial charge is 0.464 e. The third kappa shape index (κ3) is 6.58. The Morgan fingerprint density at radius 2 is 1.83 bits per heavy atom. The first-order valence-electron chi connectivity index (χ1n) is 7.23. The smallest absolute Gasteiger partial charge is 0.408 e. The Bertz CT molecular complexity index is 538. The molecule has 0 aliphatic rings. The Kier molecular flexibility index (Phi) is 7.02. The maximum absolute atomic E-state index is 12.1. The van der Waals surface area contributed by atoms with Crippen LogP contribution in [0.1, 0.15) is 39.4 Å². The van der Waals surface area contributed by atoms with E-state index in [1.165, 1.54) is 0 Å². The highest BCUT2D eigenvalue weighted by Crippen LogP contribution is 2.21. The Balaban J connectivity index is 2.93. The predicted molar refractivity (Wildman–Crippen MR) is 88.9 cm³/mol. The summed E-state index contributed by atoms with van der Waals surface area (Å²) in [6.45, 7) is 6.90. The number of rotatable bonds is 5. The number of benzene rings is 1. The van der Waals surface area contributed by atoms with Crippen LogP contribution in [0, 0.1) is 0 Å². The number of nitrogens with one attached hydrogen (secondary N) is 1. The Morgan fingerprint density at radius 1 is 1.26 bits per heavy atom. The van der Waals surface area contributed by atoms with Crippen LogP contribution in [0.15, 0.2) is 28.7 Å². The first-order valence-corrected chi connectivity index (χ1v) is 8.03. The number of aliphatic hydroxyl groups excluding tert-OH is 1. The van der Waals surface area contributed by atoms with Gasteiger partial charge >= 0.3 is 12.1 Å². The zero-order valence-electron chi connectivity index (χ0n) is 13.6. The van der Waals surface area contributed by atoms with E-state index >= 15 is 0 Å². The molecule has 1 aromatic carbocycles. The molecule has 1 rings (SSSR count). The van der Waals surface area contributed by atoms with Crippen molar-refractivity contribution in [3.8, 4) is 0 Å². The summed E-state index contributed by atoms with van der Waals surface area (Å²) >= 11 is 3.30. The molecule has 0 saturated carbocycles. The molecule has 0 aliphatic heterocycles. The quantitative estimate of drug-likeness (QED) is 0.758. The first-order chi connectivity index (χ1) is 10.6. The molecule has 2 N–H and O–H groups in total. The molecular weight excluding hydrogens is 366 g/mol. The molecule has 0 fully saturated rings. The molecule has 0 saturated heterocycles. The molecule has 0 unspecified atom stereocenters. The highest BCUT2D eigenvalue weighted by Gasteiger charge is 2.32. The summed E-state index contributed by atoms with van der Waals surface area (Å²) in [7, 11) is 0. The number of carbonyl (C=O) groups is 2. The lowest BCUT2D eigenvalue weighted by Gasteiger charge is -2.25. The van der Waals surface area contributed by atoms with Crippen LogP contribution in [-0.4, -0.2) is 35.4 Å². The SMILES string of the molecule is CCOC(=O)[C@@H](NC(=O)OC(C)(C)C)[C@@H](O)c1ccc(Br)cc1. The Hall–Kier alpha value is -1.60. The lowest BCUT2D eigenvalue weighted by atomic mass is 10.0. The van der Waals surface area contributed by atoms with Gasteiger partial charge in [-0.3, -0.25) is 0 Å². The van der Waals surface area contributed by atoms with Crippen molar-refractivity contribution < 1.29 is 24.2 Å². The molecule has 0 radical (unpaired) electrons. The summed E-state index contributed by atoms with van der Waals surface area (Å²) in [6, 6.07) is 5.50. The molecule has 0 bridgehead atoms. The highest BCUT2D eigenvalue weighted by atomic mass is 79.9. The predicted octanol–water partition coefficient (Wildman–Crippen LogP) is 2.94. The lowest BCUT2D eigenvalue weighted by molar-refractivity contribution is -0.148. The van der Waals surface area contributed by atoms with Crippen LogP contribution < -0.4 is 5.32 Å². The number of hydrogen-bond donors (Lipinski definition) is 2. The third-order valence-corrected chi connectivity index (χ3v) is 3.27. The Morgan fingerprint density at radius 3 is 2.30 bits per heavy atom. The normalized spacial score (nSPS) is 13.8. The molecule has 6 nitrogen and oxygen atoms in total. The van der Waals surface area contributed by atoms with Crippen molar-refractivity contribution in [1.29, 1.82) is 0 Å². The third-order valence-electron chi connectivity index (χ3n) is 2.74. The van der Waals surface area contributed by atoms with Crippen LogP contribution in [0.3, 0.4) is 0 Å². The lowest BCUT2D eigenvalue weighted by Crippen LogP contribution is -2.47. The summed E-state index contributed by atoms with van der Waals surface area (Å²) < 4.78 is 10.9. The zero-order valence-corrected chi connectivity index (χ0v) is 15.2. The van der Waals surface area contributed by atoms with Gasteiger partial charge in [0, 0.05) is 4.47 Å². The van der Waals surface area contributed by atoms with Gasteiger partial charge in [-0.05, 0) is 45.4 Å². The minimum Gasteiger partial charge on any atom is -0.464 e. The van der Waals surface area contributed by atoms with Gasteiger partial charge in [-0.15, -0.1) is 0 Å². The van der Waals surface area contributed by atoms with Crippen LogP contribution in [0.4, 0.5) is 4.79 Å². The number of halogens is 1. The van der Waals surface area contributed by atoms with Gasteiger partial charge in [-0.1, -0.05) is 28.1 Å². The van der Waals surface area contributed by atoms with Crippen LogP contribution >= 0.6 is 15.9 Å². The van der Waals surface area contributed by atoms with Crippen molar-refractivity contribution in [2.45, 2.75) is 45.4 Å². The second kappa shape index (κ2) is 8.31. The summed E-state index contributed by atoms with van der Waals surface area (Å²) in [4.78, 5) is 24.0. The molecule has 0 aromatic heterocycles. The van der Waals surface area contributed by atoms with Gasteiger partial charge in [0.1, 0.15) is 11.7 Å². The first kappa shape index (κ1) is 19.4. The fraction of sp³-hybridized carbons (Fsp3) is 0.500. The maximum Gasteiger partial charge on any atom is 0.408 e. The van der Waals surface area contributed by atoms with E-state index in [2.05, 4.69) is 21.2 Å². The van der Waals surface area contributed by atoms with Crippen LogP contribution in [-0.2, 0) is 14.3 Å². The molecule has 7 heteroatoms. The molecule has 2 atom stereocenters. The minimum atomic E-state index is -1.26. The number of alkyl carbamates (subject to hydrolysis) is 1. The molecule has 1 amide bonds. The summed E-state index contributed by atoms with van der Waals surface area (Å²) in [6.07, 6.45) is -2.05. The summed E-state index contributed by atoms with van der Waals surface area (Å²) in [5.41, 5.74) is -0.242. The number of amides is 1. The number of hydrogen-bond acceptors (Lipinski definition) is 5. The fourth-order valence-electron chi connectivity index (χ4n) is 1.79. The van der Waals surface area contributed by atoms with Crippen molar-refractivity contribution in [2.24, 2.45) is 0 Å². The van der Waals surface area contributed by atoms with Crippen LogP contribution in [0.5, 0.6) is 0 Å². The average molecular weight is 388 g/mol. The molecular formula is C16H22BrNO5. The van der Waals surface area contributed by atoms with E-state index in [1.54, 1.807) is 52.0 Å². The molecule has 0 heterocycles. The molecule has 0 aliphatic carbocycles. The van der Waals surface area contributed by atoms with Crippen molar-refractivity contribution in [3.05, 3.63) is 34.3 Å². The van der Waals surface area contributed by atoms with E-state index in [-0.39, 0.29) is 6.61 Å². The minimum absolute atomic E-state index is 0.137. The van der Waals surface area contributed by atoms with Crippen LogP contribution in [0.2, 0.25) is 0 Å². The van der Waals surface area contributed by atoms with Gasteiger partial charge in [0.05, 0.1) is 6.61 Å². The van der Waals surface area contributed by atoms with Gasteiger partial charge in [-0.25, -0.2) is 9.59 Å². The molecule has 128 valence electrons. The zero-order chi connectivity index (χ0) is 17.6. The van der Waals surface area contributed by atoms with Crippen molar-refractivity contribution in [1.82, 2.24) is 5.32 Å². The van der Waals surface area contributed by atoms with Crippen molar-refractivity contribution in [3.63, 3.8) is 0 Å². The van der Waals surface area contributed by atoms with Gasteiger partial charge in [0.15, 0.2) is 6.04 Å². The van der Waals surface area contributed by atoms with E-state index in [4.69, 9.17) is 9.47 Å². The Labute approximate surface area is 144 Å². The summed E-state index contributed by atoms with van der Waals surface area (Å²) in [5.74, 6) is -0.728. The summed E-state index contributed by atoms with van der Waals surface area (Å²) in [5, 5.41) is 12.8. The van der Waals surface area contributed by atoms with E-state index in [1.807, 2.05) is 0 Å². The molecule has 23 heavy (non-hydrogen) atoms. The van der Waals surface area contributed by atoms with E-state index < -0.39 is 29.8 Å². The van der Waals surface area contributed by atoms with E-state index in [0.717, 1.165) is 4.47 Å². The monoisotopic (exact) mass is 387 g/mol. The second-order valence-electron chi connectivity index (χ2n) is 5.87. The number of ether oxygens (including phenoxy) is 2. The molecule has 1 aromatic rings. The topological polar surface area (TPSA) is 84.9 Å². The van der Waals surface area contributed by atoms with Gasteiger partial charge in [0.25, 0.3) is 0 Å². The molecule has 0 spiro atoms. The fourth-order valence-corrected chi connectivity index (χ4v) is 2.05. The highest BCUT2D eigenvalue weighted by molar-refractivity contribution is 9.10. The van der Waals surface area contributed by atoms with E-state index in [0.29, 0.717) is 5.56 Å². The van der Waals surface area contributed by atoms with Gasteiger partial charge in [-0.2, -0.15) is 0 Å². The second-order valence-corrected chi connectivity index (χ2v) is 6.79. The van der Waals surface area contributed by atoms with Crippen molar-refractivity contribution >= 4 is 28.0 Å². The average Bonchev–Trinajstić information content (AvgIpc) is 2.43. The van der Waals surface area contributed by atoms with Gasteiger partial charge < -0.3 is 19.9 Å². The number of esters is 1. The number of aliphatic hydroxyl groups is 1. The standard InChI is InChI=1S/C16H22BrNO5/c1-5-22-14(20)12(18-15(21)23-16(2,3)4)13(19)10-6-8-11(17)9-7-10/h6-9,12-13,19H,5H2,1-4H3,(H,18,21)/t12-,13-/m0/s1.